The molecule has 0 aromatic carbocycles. The molecule has 1 aliphatic heterocycles. The number of halogens is 3. The second-order valence-electron chi connectivity index (χ2n) is 7.31. The van der Waals surface area contributed by atoms with E-state index in [9.17, 15) is 22.8 Å². The Kier molecular flexibility index (Phi) is 5.06. The highest BCUT2D eigenvalue weighted by Crippen LogP contribution is 2.40. The van der Waals surface area contributed by atoms with E-state index in [0.717, 1.165) is 12.8 Å². The minimum Gasteiger partial charge on any atom is -0.461 e. The van der Waals surface area contributed by atoms with Gasteiger partial charge in [-0.25, -0.2) is 0 Å². The van der Waals surface area contributed by atoms with Crippen molar-refractivity contribution in [1.29, 1.82) is 0 Å². The van der Waals surface area contributed by atoms with Gasteiger partial charge in [-0.3, -0.25) is 9.59 Å². The Labute approximate surface area is 139 Å². The number of carbonyl (C=O) groups is 2. The number of ether oxygens (including phenoxy) is 1. The highest BCUT2D eigenvalue weighted by atomic mass is 19.4. The lowest BCUT2D eigenvalue weighted by Crippen LogP contribution is -2.45. The van der Waals surface area contributed by atoms with Crippen LogP contribution in [-0.2, 0) is 14.3 Å². The summed E-state index contributed by atoms with van der Waals surface area (Å²) in [5.74, 6) is -2.43. The van der Waals surface area contributed by atoms with E-state index in [2.05, 4.69) is 0 Å². The SMILES string of the molecule is O=C(OC1CCCCC1C(F)(F)F)C1CCCN(C(=O)C2CC2)C1. The molecule has 1 saturated heterocycles. The molecule has 3 atom stereocenters. The van der Waals surface area contributed by atoms with Gasteiger partial charge in [0.15, 0.2) is 0 Å². The predicted octanol–water partition coefficient (Wildman–Crippen LogP) is 3.30. The van der Waals surface area contributed by atoms with Crippen molar-refractivity contribution < 1.29 is 27.5 Å². The van der Waals surface area contributed by atoms with Crippen molar-refractivity contribution in [3.05, 3.63) is 0 Å². The van der Waals surface area contributed by atoms with Gasteiger partial charge < -0.3 is 9.64 Å². The molecule has 0 N–H and O–H groups in total. The molecule has 3 fully saturated rings. The fourth-order valence-electron chi connectivity index (χ4n) is 3.82. The van der Waals surface area contributed by atoms with Gasteiger partial charge in [-0.1, -0.05) is 6.42 Å². The normalized spacial score (nSPS) is 31.6. The molecule has 4 nitrogen and oxygen atoms in total. The van der Waals surface area contributed by atoms with Crippen LogP contribution in [-0.4, -0.2) is 42.1 Å². The zero-order valence-electron chi connectivity index (χ0n) is 13.7. The lowest BCUT2D eigenvalue weighted by Gasteiger charge is -2.35. The van der Waals surface area contributed by atoms with Gasteiger partial charge in [0, 0.05) is 19.0 Å². The number of hydrogen-bond acceptors (Lipinski definition) is 3. The summed E-state index contributed by atoms with van der Waals surface area (Å²) in [5.41, 5.74) is 0. The van der Waals surface area contributed by atoms with E-state index in [1.165, 1.54) is 0 Å². The van der Waals surface area contributed by atoms with Crippen LogP contribution < -0.4 is 0 Å². The Balaban J connectivity index is 1.57. The van der Waals surface area contributed by atoms with E-state index in [-0.39, 0.29) is 31.2 Å². The van der Waals surface area contributed by atoms with E-state index < -0.39 is 30.1 Å². The van der Waals surface area contributed by atoms with Crippen molar-refractivity contribution in [2.24, 2.45) is 17.8 Å². The predicted molar refractivity (Wildman–Crippen MR) is 79.9 cm³/mol. The molecule has 3 rings (SSSR count). The average molecular weight is 347 g/mol. The van der Waals surface area contributed by atoms with Gasteiger partial charge in [0.05, 0.1) is 11.8 Å². The molecule has 1 heterocycles. The highest BCUT2D eigenvalue weighted by Gasteiger charge is 2.48. The number of nitrogens with zero attached hydrogens (tertiary/aromatic N) is 1. The topological polar surface area (TPSA) is 46.6 Å². The second-order valence-corrected chi connectivity index (χ2v) is 7.31. The number of alkyl halides is 3. The zero-order valence-corrected chi connectivity index (χ0v) is 13.7. The quantitative estimate of drug-likeness (QED) is 0.736. The summed E-state index contributed by atoms with van der Waals surface area (Å²) in [5, 5.41) is 0. The third kappa shape index (κ3) is 4.03. The molecular weight excluding hydrogens is 323 g/mol. The third-order valence-electron chi connectivity index (χ3n) is 5.38. The first-order valence-corrected chi connectivity index (χ1v) is 8.92. The summed E-state index contributed by atoms with van der Waals surface area (Å²) in [6.07, 6.45) is -0.840. The number of esters is 1. The van der Waals surface area contributed by atoms with Crippen LogP contribution in [0.5, 0.6) is 0 Å². The number of rotatable bonds is 3. The summed E-state index contributed by atoms with van der Waals surface area (Å²) in [7, 11) is 0. The summed E-state index contributed by atoms with van der Waals surface area (Å²) in [4.78, 5) is 26.2. The minimum atomic E-state index is -4.33. The standard InChI is InChI=1S/C17H24F3NO3/c18-17(19,20)13-5-1-2-6-14(13)24-16(23)12-4-3-9-21(10-12)15(22)11-7-8-11/h11-14H,1-10H2. The Bertz CT molecular complexity index is 490. The molecule has 0 aromatic heterocycles. The smallest absolute Gasteiger partial charge is 0.395 e. The van der Waals surface area contributed by atoms with Crippen LogP contribution in [0.3, 0.4) is 0 Å². The van der Waals surface area contributed by atoms with Crippen LogP contribution in [0.25, 0.3) is 0 Å². The fourth-order valence-corrected chi connectivity index (χ4v) is 3.82. The molecule has 0 aromatic rings. The van der Waals surface area contributed by atoms with Crippen molar-refractivity contribution in [2.75, 3.05) is 13.1 Å². The number of amides is 1. The maximum Gasteiger partial charge on any atom is 0.395 e. The van der Waals surface area contributed by atoms with Gasteiger partial charge >= 0.3 is 12.1 Å². The molecular formula is C17H24F3NO3. The lowest BCUT2D eigenvalue weighted by molar-refractivity contribution is -0.217. The summed E-state index contributed by atoms with van der Waals surface area (Å²) >= 11 is 0. The summed E-state index contributed by atoms with van der Waals surface area (Å²) < 4.78 is 44.6. The Morgan fingerprint density at radius 3 is 2.29 bits per heavy atom. The third-order valence-corrected chi connectivity index (χ3v) is 5.38. The number of piperidine rings is 1. The first-order valence-electron chi connectivity index (χ1n) is 8.92. The average Bonchev–Trinajstić information content (AvgIpc) is 3.38. The zero-order chi connectivity index (χ0) is 17.3. The number of hydrogen-bond donors (Lipinski definition) is 0. The van der Waals surface area contributed by atoms with Gasteiger partial charge in [-0.05, 0) is 44.9 Å². The van der Waals surface area contributed by atoms with Crippen molar-refractivity contribution >= 4 is 11.9 Å². The highest BCUT2D eigenvalue weighted by molar-refractivity contribution is 5.82. The van der Waals surface area contributed by atoms with Crippen LogP contribution in [0.15, 0.2) is 0 Å². The molecule has 0 bridgehead atoms. The Hall–Kier alpha value is -1.27. The summed E-state index contributed by atoms with van der Waals surface area (Å²) in [6.45, 7) is 0.922. The van der Waals surface area contributed by atoms with Crippen LogP contribution in [0.4, 0.5) is 13.2 Å². The van der Waals surface area contributed by atoms with E-state index in [4.69, 9.17) is 4.74 Å². The molecule has 7 heteroatoms. The van der Waals surface area contributed by atoms with E-state index in [0.29, 0.717) is 32.2 Å². The molecule has 0 spiro atoms. The largest absolute Gasteiger partial charge is 0.461 e. The maximum absolute atomic E-state index is 13.1. The van der Waals surface area contributed by atoms with E-state index in [1.807, 2.05) is 0 Å². The molecule has 2 saturated carbocycles. The first-order chi connectivity index (χ1) is 11.4. The van der Waals surface area contributed by atoms with Gasteiger partial charge in [0.25, 0.3) is 0 Å². The molecule has 3 aliphatic rings. The van der Waals surface area contributed by atoms with Crippen LogP contribution in [0.2, 0.25) is 0 Å². The molecule has 24 heavy (non-hydrogen) atoms. The summed E-state index contributed by atoms with van der Waals surface area (Å²) in [6, 6.07) is 0. The van der Waals surface area contributed by atoms with Crippen molar-refractivity contribution in [2.45, 2.75) is 63.6 Å². The molecule has 2 aliphatic carbocycles. The molecule has 3 unspecified atom stereocenters. The van der Waals surface area contributed by atoms with Crippen molar-refractivity contribution in [1.82, 2.24) is 4.90 Å². The van der Waals surface area contributed by atoms with Crippen LogP contribution in [0, 0.1) is 17.8 Å². The molecule has 1 amide bonds. The van der Waals surface area contributed by atoms with Gasteiger partial charge in [-0.15, -0.1) is 0 Å². The fraction of sp³-hybridized carbons (Fsp3) is 0.882. The maximum atomic E-state index is 13.1. The molecule has 136 valence electrons. The number of carbonyl (C=O) groups excluding carboxylic acids is 2. The van der Waals surface area contributed by atoms with Crippen molar-refractivity contribution in [3.63, 3.8) is 0 Å². The van der Waals surface area contributed by atoms with Gasteiger partial charge in [0.2, 0.25) is 5.91 Å². The monoisotopic (exact) mass is 347 g/mol. The van der Waals surface area contributed by atoms with E-state index >= 15 is 0 Å². The van der Waals surface area contributed by atoms with E-state index in [1.54, 1.807) is 4.90 Å². The minimum absolute atomic E-state index is 0.0262. The second kappa shape index (κ2) is 6.92. The van der Waals surface area contributed by atoms with Gasteiger partial charge in [0.1, 0.15) is 6.10 Å². The number of likely N-dealkylation sites (tertiary alicyclic amines) is 1. The lowest BCUT2D eigenvalue weighted by atomic mass is 9.85. The van der Waals surface area contributed by atoms with Gasteiger partial charge in [-0.2, -0.15) is 13.2 Å². The first kappa shape index (κ1) is 17.5. The molecule has 0 radical (unpaired) electrons. The Morgan fingerprint density at radius 2 is 1.62 bits per heavy atom. The van der Waals surface area contributed by atoms with Crippen LogP contribution >= 0.6 is 0 Å². The van der Waals surface area contributed by atoms with Crippen LogP contribution in [0.1, 0.15) is 51.4 Å². The Morgan fingerprint density at radius 1 is 0.917 bits per heavy atom. The van der Waals surface area contributed by atoms with Crippen molar-refractivity contribution in [3.8, 4) is 0 Å².